The van der Waals surface area contributed by atoms with E-state index in [1.165, 1.54) is 0 Å². The number of anilines is 1. The monoisotopic (exact) mass is 643 g/mol. The van der Waals surface area contributed by atoms with Crippen LogP contribution in [0.3, 0.4) is 0 Å². The molecule has 47 heavy (non-hydrogen) atoms. The van der Waals surface area contributed by atoms with E-state index in [1.807, 2.05) is 82.3 Å². The van der Waals surface area contributed by atoms with Crippen LogP contribution in [0.1, 0.15) is 52.5 Å². The first-order chi connectivity index (χ1) is 22.6. The van der Waals surface area contributed by atoms with Crippen molar-refractivity contribution in [3.05, 3.63) is 85.5 Å². The highest BCUT2D eigenvalue weighted by Crippen LogP contribution is 2.64. The number of aliphatic hydroxyl groups is 1. The fourth-order valence-electron chi connectivity index (χ4n) is 8.06. The van der Waals surface area contributed by atoms with Gasteiger partial charge in [0.15, 0.2) is 0 Å². The largest absolute Gasteiger partial charge is 0.494 e. The molecule has 0 aromatic heterocycles. The van der Waals surface area contributed by atoms with Crippen LogP contribution in [0.4, 0.5) is 5.69 Å². The number of carbonyl (C=O) groups excluding carboxylic acids is 3. The Morgan fingerprint density at radius 1 is 1.06 bits per heavy atom. The maximum absolute atomic E-state index is 14.9. The molecular weight excluding hydrogens is 594 g/mol. The molecule has 5 rings (SSSR count). The number of likely N-dealkylation sites (tertiary alicyclic amines) is 1. The van der Waals surface area contributed by atoms with Crippen LogP contribution in [0, 0.1) is 17.8 Å². The molecule has 2 aromatic rings. The predicted octanol–water partition coefficient (Wildman–Crippen LogP) is 4.99. The maximum Gasteiger partial charge on any atom is 0.249 e. The molecule has 2 unspecified atom stereocenters. The van der Waals surface area contributed by atoms with E-state index in [0.29, 0.717) is 43.9 Å². The second-order valence-corrected chi connectivity index (χ2v) is 13.3. The van der Waals surface area contributed by atoms with Crippen molar-refractivity contribution < 1.29 is 29.0 Å². The Bertz CT molecular complexity index is 1460. The van der Waals surface area contributed by atoms with Gasteiger partial charge in [0.2, 0.25) is 17.7 Å². The van der Waals surface area contributed by atoms with Gasteiger partial charge in [-0.05, 0) is 62.4 Å². The van der Waals surface area contributed by atoms with Crippen LogP contribution in [0.25, 0.3) is 0 Å². The zero-order chi connectivity index (χ0) is 33.9. The van der Waals surface area contributed by atoms with E-state index < -0.39 is 35.1 Å². The summed E-state index contributed by atoms with van der Waals surface area (Å²) in [7, 11) is 0. The lowest BCUT2D eigenvalue weighted by Gasteiger charge is -2.41. The van der Waals surface area contributed by atoms with Gasteiger partial charge in [-0.25, -0.2) is 0 Å². The number of hydrogen-bond donors (Lipinski definition) is 1. The van der Waals surface area contributed by atoms with Crippen molar-refractivity contribution in [3.8, 4) is 5.75 Å². The summed E-state index contributed by atoms with van der Waals surface area (Å²) in [6.07, 6.45) is 5.01. The molecule has 1 N–H and O–H groups in total. The maximum atomic E-state index is 14.9. The summed E-state index contributed by atoms with van der Waals surface area (Å²) in [4.78, 5) is 49.4. The number of benzene rings is 2. The van der Waals surface area contributed by atoms with Crippen molar-refractivity contribution in [2.45, 2.75) is 76.8 Å². The third kappa shape index (κ3) is 6.00. The number of nitrogens with zero attached hydrogens (tertiary/aromatic N) is 3. The first-order valence-electron chi connectivity index (χ1n) is 16.8. The molecule has 0 radical (unpaired) electrons. The van der Waals surface area contributed by atoms with Crippen molar-refractivity contribution in [1.82, 2.24) is 9.80 Å². The molecule has 0 saturated carbocycles. The standard InChI is InChI=1S/C38H49N3O6/c1-7-22-39(24-27-14-12-11-13-15-27)36(45)33-38-21-20-37(6,47-38)31(32(38)35(44)41(33)30(25-42)26(5)9-3)34(43)40(23-8-2)28-16-18-29(19-17-28)46-10-4/h7-8,11-19,26,30-33,42H,1-2,9-10,20-25H2,3-6H3/t26-,30-,31+,32-,33?,37-,38?/m0/s1. The summed E-state index contributed by atoms with van der Waals surface area (Å²) < 4.78 is 12.5. The van der Waals surface area contributed by atoms with E-state index in [-0.39, 0.29) is 43.3 Å². The molecule has 3 heterocycles. The smallest absolute Gasteiger partial charge is 0.249 e. The number of rotatable bonds is 15. The Balaban J connectivity index is 1.59. The van der Waals surface area contributed by atoms with E-state index in [2.05, 4.69) is 13.2 Å². The summed E-state index contributed by atoms with van der Waals surface area (Å²) in [6.45, 7) is 16.6. The molecule has 252 valence electrons. The molecular formula is C38H49N3O6. The highest BCUT2D eigenvalue weighted by atomic mass is 16.5. The minimum Gasteiger partial charge on any atom is -0.494 e. The topological polar surface area (TPSA) is 99.6 Å². The molecule has 3 aliphatic heterocycles. The van der Waals surface area contributed by atoms with Gasteiger partial charge in [0.1, 0.15) is 17.4 Å². The first-order valence-corrected chi connectivity index (χ1v) is 16.8. The van der Waals surface area contributed by atoms with Crippen LogP contribution in [0.2, 0.25) is 0 Å². The van der Waals surface area contributed by atoms with Crippen molar-refractivity contribution in [2.75, 3.05) is 31.2 Å². The zero-order valence-corrected chi connectivity index (χ0v) is 28.1. The number of carbonyl (C=O) groups is 3. The SMILES string of the molecule is C=CCN(Cc1ccccc1)C(=O)C1N([C@@H](CO)[C@@H](C)CC)C(=O)[C@@H]2[C@H](C(=O)N(CC=C)c3ccc(OCC)cc3)[C@]3(C)CCC12O3. The van der Waals surface area contributed by atoms with Crippen LogP contribution >= 0.6 is 0 Å². The second kappa shape index (κ2) is 14.0. The van der Waals surface area contributed by atoms with Gasteiger partial charge < -0.3 is 29.3 Å². The summed E-state index contributed by atoms with van der Waals surface area (Å²) in [5.74, 6) is -1.96. The van der Waals surface area contributed by atoms with E-state index in [1.54, 1.807) is 26.9 Å². The Kier molecular flexibility index (Phi) is 10.3. The van der Waals surface area contributed by atoms with E-state index in [9.17, 15) is 19.5 Å². The van der Waals surface area contributed by atoms with E-state index in [4.69, 9.17) is 9.47 Å². The van der Waals surface area contributed by atoms with E-state index >= 15 is 0 Å². The van der Waals surface area contributed by atoms with Crippen molar-refractivity contribution >= 4 is 23.4 Å². The van der Waals surface area contributed by atoms with Crippen molar-refractivity contribution in [3.63, 3.8) is 0 Å². The van der Waals surface area contributed by atoms with Gasteiger partial charge in [0.25, 0.3) is 0 Å². The van der Waals surface area contributed by atoms with Gasteiger partial charge in [-0.1, -0.05) is 62.8 Å². The van der Waals surface area contributed by atoms with Crippen molar-refractivity contribution in [2.24, 2.45) is 17.8 Å². The summed E-state index contributed by atoms with van der Waals surface area (Å²) >= 11 is 0. The van der Waals surface area contributed by atoms with Gasteiger partial charge >= 0.3 is 0 Å². The molecule has 3 amide bonds. The molecule has 2 bridgehead atoms. The van der Waals surface area contributed by atoms with Gasteiger partial charge in [-0.2, -0.15) is 0 Å². The lowest BCUT2D eigenvalue weighted by atomic mass is 9.66. The lowest BCUT2D eigenvalue weighted by molar-refractivity contribution is -0.156. The molecule has 2 aromatic carbocycles. The Hall–Kier alpha value is -3.95. The number of ether oxygens (including phenoxy) is 2. The Labute approximate surface area is 278 Å². The normalized spacial score (nSPS) is 27.2. The third-order valence-electron chi connectivity index (χ3n) is 10.5. The molecule has 1 spiro atoms. The minimum atomic E-state index is -1.22. The molecule has 0 aliphatic carbocycles. The third-order valence-corrected chi connectivity index (χ3v) is 10.5. The van der Waals surface area contributed by atoms with Crippen LogP contribution < -0.4 is 9.64 Å². The van der Waals surface area contributed by atoms with E-state index in [0.717, 1.165) is 5.56 Å². The summed E-state index contributed by atoms with van der Waals surface area (Å²) in [5.41, 5.74) is -0.582. The van der Waals surface area contributed by atoms with Crippen LogP contribution in [0.15, 0.2) is 79.9 Å². The summed E-state index contributed by atoms with van der Waals surface area (Å²) in [6, 6.07) is 15.4. The van der Waals surface area contributed by atoms with Crippen molar-refractivity contribution in [1.29, 1.82) is 0 Å². The number of aliphatic hydroxyl groups excluding tert-OH is 1. The molecule has 9 nitrogen and oxygen atoms in total. The van der Waals surface area contributed by atoms with Gasteiger partial charge in [0.05, 0.1) is 36.7 Å². The number of fused-ring (bicyclic) bond motifs is 1. The quantitative estimate of drug-likeness (QED) is 0.275. The fourth-order valence-corrected chi connectivity index (χ4v) is 8.06. The van der Waals surface area contributed by atoms with Gasteiger partial charge in [-0.3, -0.25) is 14.4 Å². The Morgan fingerprint density at radius 2 is 1.74 bits per heavy atom. The zero-order valence-electron chi connectivity index (χ0n) is 28.1. The fraction of sp³-hybridized carbons (Fsp3) is 0.500. The average molecular weight is 644 g/mol. The molecule has 3 saturated heterocycles. The van der Waals surface area contributed by atoms with Gasteiger partial charge in [0, 0.05) is 25.3 Å². The highest BCUT2D eigenvalue weighted by molar-refractivity contribution is 6.03. The first kappa shape index (κ1) is 34.4. The molecule has 3 aliphatic rings. The average Bonchev–Trinajstić information content (AvgIpc) is 3.65. The van der Waals surface area contributed by atoms with Crippen LogP contribution in [0.5, 0.6) is 5.75 Å². The number of amides is 3. The highest BCUT2D eigenvalue weighted by Gasteiger charge is 2.79. The van der Waals surface area contributed by atoms with Crippen LogP contribution in [-0.4, -0.2) is 82.2 Å². The predicted molar refractivity (Wildman–Crippen MR) is 182 cm³/mol. The lowest BCUT2D eigenvalue weighted by Crippen LogP contribution is -2.59. The van der Waals surface area contributed by atoms with Crippen LogP contribution in [-0.2, 0) is 25.7 Å². The molecule has 9 heteroatoms. The number of hydrogen-bond acceptors (Lipinski definition) is 6. The molecule has 7 atom stereocenters. The summed E-state index contributed by atoms with van der Waals surface area (Å²) in [5, 5.41) is 10.7. The molecule has 3 fully saturated rings. The Morgan fingerprint density at radius 3 is 2.34 bits per heavy atom. The van der Waals surface area contributed by atoms with Gasteiger partial charge in [-0.15, -0.1) is 13.2 Å². The second-order valence-electron chi connectivity index (χ2n) is 13.3. The minimum absolute atomic E-state index is 0.0977.